The van der Waals surface area contributed by atoms with Gasteiger partial charge in [-0.15, -0.1) is 0 Å². The monoisotopic (exact) mass is 284 g/mol. The van der Waals surface area contributed by atoms with E-state index in [1.165, 1.54) is 12.7 Å². The Morgan fingerprint density at radius 1 is 1.44 bits per heavy atom. The molecule has 0 bridgehead atoms. The Bertz CT molecular complexity index is 507. The normalized spacial score (nSPS) is 10.3. The van der Waals surface area contributed by atoms with Crippen LogP contribution in [0, 0.1) is 0 Å². The third-order valence-electron chi connectivity index (χ3n) is 1.92. The van der Waals surface area contributed by atoms with E-state index in [9.17, 15) is 4.79 Å². The van der Waals surface area contributed by atoms with Gasteiger partial charge in [-0.25, -0.2) is 9.97 Å². The summed E-state index contributed by atoms with van der Waals surface area (Å²) in [6, 6.07) is 0. The van der Waals surface area contributed by atoms with Gasteiger partial charge in [0, 0.05) is 13.0 Å². The standard InChI is InChI=1S/C8H9BrN6O/c9-6-7(12-3-13-8(6)16)10-2-1-5-11-4-14-15-5/h3-4H,1-2H2,(H,11,14,15)(H2,10,12,13,16). The van der Waals surface area contributed by atoms with Crippen molar-refractivity contribution in [3.8, 4) is 0 Å². The maximum absolute atomic E-state index is 11.2. The average Bonchev–Trinajstić information content (AvgIpc) is 2.77. The van der Waals surface area contributed by atoms with Crippen LogP contribution in [0.2, 0.25) is 0 Å². The molecule has 0 fully saturated rings. The zero-order valence-corrected chi connectivity index (χ0v) is 9.78. The maximum atomic E-state index is 11.2. The molecule has 0 aliphatic carbocycles. The third-order valence-corrected chi connectivity index (χ3v) is 2.65. The first-order valence-corrected chi connectivity index (χ1v) is 5.38. The summed E-state index contributed by atoms with van der Waals surface area (Å²) in [5.41, 5.74) is -0.211. The van der Waals surface area contributed by atoms with Gasteiger partial charge in [-0.3, -0.25) is 9.89 Å². The number of nitrogens with zero attached hydrogens (tertiary/aromatic N) is 3. The molecule has 84 valence electrons. The fourth-order valence-electron chi connectivity index (χ4n) is 1.16. The molecular weight excluding hydrogens is 276 g/mol. The van der Waals surface area contributed by atoms with Gasteiger partial charge in [-0.2, -0.15) is 5.10 Å². The van der Waals surface area contributed by atoms with Gasteiger partial charge in [0.1, 0.15) is 22.4 Å². The van der Waals surface area contributed by atoms with E-state index in [1.807, 2.05) is 0 Å². The first-order valence-electron chi connectivity index (χ1n) is 4.58. The van der Waals surface area contributed by atoms with Gasteiger partial charge in [0.05, 0.1) is 6.33 Å². The van der Waals surface area contributed by atoms with Crippen molar-refractivity contribution >= 4 is 21.7 Å². The molecule has 2 rings (SSSR count). The highest BCUT2D eigenvalue weighted by atomic mass is 79.9. The molecule has 2 heterocycles. The molecule has 0 unspecified atom stereocenters. The minimum atomic E-state index is -0.211. The Balaban J connectivity index is 1.95. The number of aromatic nitrogens is 5. The Kier molecular flexibility index (Phi) is 3.30. The van der Waals surface area contributed by atoms with E-state index in [0.29, 0.717) is 23.3 Å². The van der Waals surface area contributed by atoms with Crippen molar-refractivity contribution in [3.63, 3.8) is 0 Å². The quantitative estimate of drug-likeness (QED) is 0.750. The van der Waals surface area contributed by atoms with E-state index in [0.717, 1.165) is 5.82 Å². The van der Waals surface area contributed by atoms with Gasteiger partial charge in [-0.05, 0) is 15.9 Å². The molecule has 0 aliphatic heterocycles. The Labute approximate surface area is 98.9 Å². The highest BCUT2D eigenvalue weighted by Gasteiger charge is 2.04. The fourth-order valence-corrected chi connectivity index (χ4v) is 1.51. The van der Waals surface area contributed by atoms with Crippen LogP contribution in [0.3, 0.4) is 0 Å². The number of hydrogen-bond donors (Lipinski definition) is 3. The van der Waals surface area contributed by atoms with Gasteiger partial charge in [-0.1, -0.05) is 0 Å². The van der Waals surface area contributed by atoms with Gasteiger partial charge in [0.25, 0.3) is 5.56 Å². The molecule has 0 atom stereocenters. The summed E-state index contributed by atoms with van der Waals surface area (Å²) in [6.07, 6.45) is 3.49. The summed E-state index contributed by atoms with van der Waals surface area (Å²) < 4.78 is 0.396. The van der Waals surface area contributed by atoms with Crippen LogP contribution in [-0.4, -0.2) is 31.7 Å². The van der Waals surface area contributed by atoms with E-state index < -0.39 is 0 Å². The van der Waals surface area contributed by atoms with Crippen LogP contribution < -0.4 is 10.9 Å². The second-order valence-corrected chi connectivity index (χ2v) is 3.80. The summed E-state index contributed by atoms with van der Waals surface area (Å²) in [6.45, 7) is 0.615. The minimum absolute atomic E-state index is 0.211. The van der Waals surface area contributed by atoms with E-state index in [-0.39, 0.29) is 5.56 Å². The van der Waals surface area contributed by atoms with Gasteiger partial charge in [0.2, 0.25) is 0 Å². The van der Waals surface area contributed by atoms with Crippen LogP contribution in [0.25, 0.3) is 0 Å². The molecule has 2 aromatic rings. The fraction of sp³-hybridized carbons (Fsp3) is 0.250. The molecular formula is C8H9BrN6O. The van der Waals surface area contributed by atoms with Crippen molar-refractivity contribution in [2.45, 2.75) is 6.42 Å². The minimum Gasteiger partial charge on any atom is -0.368 e. The SMILES string of the molecule is O=c1[nH]cnc(NCCc2ncn[nH]2)c1Br. The molecule has 0 saturated heterocycles. The summed E-state index contributed by atoms with van der Waals surface area (Å²) in [5.74, 6) is 1.30. The molecule has 16 heavy (non-hydrogen) atoms. The van der Waals surface area contributed by atoms with E-state index in [2.05, 4.69) is 46.4 Å². The van der Waals surface area contributed by atoms with Crippen molar-refractivity contribution in [2.75, 3.05) is 11.9 Å². The molecule has 8 heteroatoms. The number of H-pyrrole nitrogens is 2. The second-order valence-electron chi connectivity index (χ2n) is 3.00. The Morgan fingerprint density at radius 2 is 2.31 bits per heavy atom. The molecule has 0 saturated carbocycles. The zero-order chi connectivity index (χ0) is 11.4. The predicted molar refractivity (Wildman–Crippen MR) is 61.1 cm³/mol. The van der Waals surface area contributed by atoms with Gasteiger partial charge >= 0.3 is 0 Å². The summed E-state index contributed by atoms with van der Waals surface area (Å²) in [7, 11) is 0. The number of aromatic amines is 2. The smallest absolute Gasteiger partial charge is 0.267 e. The Morgan fingerprint density at radius 3 is 3.06 bits per heavy atom. The van der Waals surface area contributed by atoms with Gasteiger partial charge in [0.15, 0.2) is 0 Å². The van der Waals surface area contributed by atoms with Crippen molar-refractivity contribution in [1.82, 2.24) is 25.1 Å². The van der Waals surface area contributed by atoms with Crippen molar-refractivity contribution < 1.29 is 0 Å². The second kappa shape index (κ2) is 4.88. The number of nitrogens with one attached hydrogen (secondary N) is 3. The first-order chi connectivity index (χ1) is 7.77. The van der Waals surface area contributed by atoms with Crippen molar-refractivity contribution in [1.29, 1.82) is 0 Å². The zero-order valence-electron chi connectivity index (χ0n) is 8.20. The average molecular weight is 285 g/mol. The van der Waals surface area contributed by atoms with E-state index in [4.69, 9.17) is 0 Å². The number of hydrogen-bond acceptors (Lipinski definition) is 5. The van der Waals surface area contributed by atoms with Crippen LogP contribution in [0.4, 0.5) is 5.82 Å². The molecule has 2 aromatic heterocycles. The molecule has 3 N–H and O–H groups in total. The lowest BCUT2D eigenvalue weighted by Gasteiger charge is -2.04. The van der Waals surface area contributed by atoms with Crippen LogP contribution in [0.5, 0.6) is 0 Å². The number of rotatable bonds is 4. The summed E-state index contributed by atoms with van der Waals surface area (Å²) >= 11 is 3.15. The molecule has 0 amide bonds. The highest BCUT2D eigenvalue weighted by Crippen LogP contribution is 2.12. The van der Waals surface area contributed by atoms with Crippen molar-refractivity contribution in [3.05, 3.63) is 33.3 Å². The van der Waals surface area contributed by atoms with Crippen molar-refractivity contribution in [2.24, 2.45) is 0 Å². The number of anilines is 1. The van der Waals surface area contributed by atoms with E-state index in [1.54, 1.807) is 0 Å². The van der Waals surface area contributed by atoms with Crippen LogP contribution >= 0.6 is 15.9 Å². The molecule has 0 spiro atoms. The lowest BCUT2D eigenvalue weighted by molar-refractivity contribution is 0.893. The van der Waals surface area contributed by atoms with Gasteiger partial charge < -0.3 is 10.3 Å². The summed E-state index contributed by atoms with van der Waals surface area (Å²) in [5, 5.41) is 9.51. The lowest BCUT2D eigenvalue weighted by Crippen LogP contribution is -2.14. The summed E-state index contributed by atoms with van der Waals surface area (Å²) in [4.78, 5) is 21.7. The maximum Gasteiger partial charge on any atom is 0.267 e. The molecule has 0 aliphatic rings. The van der Waals surface area contributed by atoms with Crippen LogP contribution in [-0.2, 0) is 6.42 Å². The predicted octanol–water partition coefficient (Wildman–Crippen LogP) is 0.305. The Hall–Kier alpha value is -1.70. The molecule has 0 radical (unpaired) electrons. The number of halogens is 1. The lowest BCUT2D eigenvalue weighted by atomic mass is 10.4. The topological polar surface area (TPSA) is 99.3 Å². The molecule has 7 nitrogen and oxygen atoms in total. The van der Waals surface area contributed by atoms with Crippen LogP contribution in [0.1, 0.15) is 5.82 Å². The van der Waals surface area contributed by atoms with Crippen LogP contribution in [0.15, 0.2) is 21.9 Å². The van der Waals surface area contributed by atoms with E-state index >= 15 is 0 Å². The largest absolute Gasteiger partial charge is 0.368 e. The first kappa shape index (κ1) is 10.8. The molecule has 0 aromatic carbocycles. The third kappa shape index (κ3) is 2.45. The highest BCUT2D eigenvalue weighted by molar-refractivity contribution is 9.10.